The molecule has 1 aliphatic carbocycles. The summed E-state index contributed by atoms with van der Waals surface area (Å²) in [5.74, 6) is -1.44. The van der Waals surface area contributed by atoms with Crippen molar-refractivity contribution in [3.8, 4) is 0 Å². The fourth-order valence-electron chi connectivity index (χ4n) is 2.07. The van der Waals surface area contributed by atoms with Crippen molar-refractivity contribution < 1.29 is 19.2 Å². The van der Waals surface area contributed by atoms with Gasteiger partial charge in [0, 0.05) is 6.42 Å². The number of nitrogens with one attached hydrogen (secondary N) is 2. The van der Waals surface area contributed by atoms with Crippen LogP contribution in [0, 0.1) is 5.41 Å². The Kier molecular flexibility index (Phi) is 2.57. The highest BCUT2D eigenvalue weighted by Crippen LogP contribution is 2.35. The quantitative estimate of drug-likeness (QED) is 0.628. The van der Waals surface area contributed by atoms with Crippen LogP contribution in [0.1, 0.15) is 26.2 Å². The Bertz CT molecular complexity index is 444. The number of carbonyl (C=O) groups excluding carboxylic acids is 4. The van der Waals surface area contributed by atoms with Crippen LogP contribution in [0.3, 0.4) is 0 Å². The maximum Gasteiger partial charge on any atom is 0.328 e. The molecule has 2 aliphatic rings. The molecule has 0 spiro atoms. The van der Waals surface area contributed by atoms with Crippen molar-refractivity contribution in [2.75, 3.05) is 0 Å². The second-order valence-electron chi connectivity index (χ2n) is 4.35. The van der Waals surface area contributed by atoms with Gasteiger partial charge in [-0.3, -0.25) is 25.0 Å². The SMILES string of the molecule is CC1(C2=CC(=O)CCC2)C(=O)NC(=O)NC1=O. The molecule has 0 radical (unpaired) electrons. The third kappa shape index (κ3) is 1.75. The lowest BCUT2D eigenvalue weighted by Crippen LogP contribution is -2.62. The molecule has 4 amide bonds. The predicted molar refractivity (Wildman–Crippen MR) is 56.7 cm³/mol. The Labute approximate surface area is 97.4 Å². The first kappa shape index (κ1) is 11.5. The lowest BCUT2D eigenvalue weighted by molar-refractivity contribution is -0.140. The summed E-state index contributed by atoms with van der Waals surface area (Å²) in [6, 6.07) is -0.819. The van der Waals surface area contributed by atoms with Crippen LogP contribution in [-0.2, 0) is 14.4 Å². The number of barbiturate groups is 1. The van der Waals surface area contributed by atoms with Gasteiger partial charge in [0.05, 0.1) is 0 Å². The van der Waals surface area contributed by atoms with Crippen molar-refractivity contribution in [3.05, 3.63) is 11.6 Å². The molecule has 2 N–H and O–H groups in total. The molecule has 90 valence electrons. The summed E-state index contributed by atoms with van der Waals surface area (Å²) in [5, 5.41) is 4.10. The summed E-state index contributed by atoms with van der Waals surface area (Å²) >= 11 is 0. The molecule has 2 rings (SSSR count). The summed E-state index contributed by atoms with van der Waals surface area (Å²) in [4.78, 5) is 45.9. The number of carbonyl (C=O) groups is 4. The number of allylic oxidation sites excluding steroid dienone is 1. The largest absolute Gasteiger partial charge is 0.328 e. The normalized spacial score (nSPS) is 23.9. The van der Waals surface area contributed by atoms with Crippen molar-refractivity contribution in [1.29, 1.82) is 0 Å². The molecule has 6 nitrogen and oxygen atoms in total. The van der Waals surface area contributed by atoms with Crippen LogP contribution in [-0.4, -0.2) is 23.6 Å². The van der Waals surface area contributed by atoms with E-state index >= 15 is 0 Å². The summed E-state index contributed by atoms with van der Waals surface area (Å²) in [7, 11) is 0. The number of hydrogen-bond acceptors (Lipinski definition) is 4. The molecule has 1 saturated heterocycles. The van der Waals surface area contributed by atoms with Crippen LogP contribution in [0.5, 0.6) is 0 Å². The minimum Gasteiger partial charge on any atom is -0.295 e. The number of imide groups is 2. The first-order valence-electron chi connectivity index (χ1n) is 5.35. The minimum absolute atomic E-state index is 0.0926. The molecule has 0 unspecified atom stereocenters. The second-order valence-corrected chi connectivity index (χ2v) is 4.35. The maximum absolute atomic E-state index is 11.8. The topological polar surface area (TPSA) is 92.3 Å². The van der Waals surface area contributed by atoms with Gasteiger partial charge in [0.1, 0.15) is 5.41 Å². The highest BCUT2D eigenvalue weighted by atomic mass is 16.2. The van der Waals surface area contributed by atoms with E-state index in [0.717, 1.165) is 0 Å². The molecule has 1 fully saturated rings. The van der Waals surface area contributed by atoms with E-state index in [9.17, 15) is 19.2 Å². The van der Waals surface area contributed by atoms with Crippen molar-refractivity contribution in [3.63, 3.8) is 0 Å². The number of ketones is 1. The fraction of sp³-hybridized carbons (Fsp3) is 0.455. The van der Waals surface area contributed by atoms with E-state index in [1.54, 1.807) is 0 Å². The summed E-state index contributed by atoms with van der Waals surface area (Å²) in [6.45, 7) is 1.43. The molecule has 17 heavy (non-hydrogen) atoms. The lowest BCUT2D eigenvalue weighted by atomic mass is 9.74. The zero-order valence-electron chi connectivity index (χ0n) is 9.33. The molecule has 0 aromatic carbocycles. The molecule has 1 heterocycles. The van der Waals surface area contributed by atoms with Gasteiger partial charge in [-0.05, 0) is 31.4 Å². The van der Waals surface area contributed by atoms with E-state index in [4.69, 9.17) is 0 Å². The Balaban J connectivity index is 2.40. The number of urea groups is 1. The second kappa shape index (κ2) is 3.80. The van der Waals surface area contributed by atoms with Gasteiger partial charge in [-0.15, -0.1) is 0 Å². The van der Waals surface area contributed by atoms with Crippen LogP contribution in [0.25, 0.3) is 0 Å². The fourth-order valence-corrected chi connectivity index (χ4v) is 2.07. The van der Waals surface area contributed by atoms with Gasteiger partial charge in [0.2, 0.25) is 11.8 Å². The smallest absolute Gasteiger partial charge is 0.295 e. The molecule has 0 aromatic heterocycles. The Morgan fingerprint density at radius 1 is 1.06 bits per heavy atom. The molecule has 0 aromatic rings. The van der Waals surface area contributed by atoms with E-state index in [2.05, 4.69) is 10.6 Å². The average Bonchev–Trinajstić information content (AvgIpc) is 2.25. The van der Waals surface area contributed by atoms with Crippen LogP contribution in [0.2, 0.25) is 0 Å². The Morgan fingerprint density at radius 3 is 2.18 bits per heavy atom. The third-order valence-corrected chi connectivity index (χ3v) is 3.21. The monoisotopic (exact) mass is 236 g/mol. The highest BCUT2D eigenvalue weighted by Gasteiger charge is 2.49. The first-order chi connectivity index (χ1) is 7.94. The van der Waals surface area contributed by atoms with Crippen molar-refractivity contribution in [1.82, 2.24) is 10.6 Å². The molecule has 1 aliphatic heterocycles. The molecule has 0 saturated carbocycles. The van der Waals surface area contributed by atoms with Crippen LogP contribution in [0.15, 0.2) is 11.6 Å². The zero-order chi connectivity index (χ0) is 12.6. The maximum atomic E-state index is 11.8. The average molecular weight is 236 g/mol. The van der Waals surface area contributed by atoms with Gasteiger partial charge < -0.3 is 0 Å². The van der Waals surface area contributed by atoms with Gasteiger partial charge in [-0.1, -0.05) is 0 Å². The van der Waals surface area contributed by atoms with E-state index < -0.39 is 23.3 Å². The van der Waals surface area contributed by atoms with Crippen LogP contribution in [0.4, 0.5) is 4.79 Å². The Morgan fingerprint density at radius 2 is 1.65 bits per heavy atom. The summed E-state index contributed by atoms with van der Waals surface area (Å²) in [6.07, 6.45) is 2.91. The molecule has 0 atom stereocenters. The number of rotatable bonds is 1. The van der Waals surface area contributed by atoms with E-state index in [1.807, 2.05) is 0 Å². The molecular formula is C11H12N2O4. The number of amides is 4. The van der Waals surface area contributed by atoms with Gasteiger partial charge in [0.15, 0.2) is 5.78 Å². The third-order valence-electron chi connectivity index (χ3n) is 3.21. The zero-order valence-corrected chi connectivity index (χ0v) is 9.33. The van der Waals surface area contributed by atoms with Gasteiger partial charge >= 0.3 is 6.03 Å². The molecule has 6 heteroatoms. The van der Waals surface area contributed by atoms with E-state index in [1.165, 1.54) is 13.0 Å². The van der Waals surface area contributed by atoms with Crippen molar-refractivity contribution in [2.24, 2.45) is 5.41 Å². The van der Waals surface area contributed by atoms with Gasteiger partial charge in [0.25, 0.3) is 0 Å². The standard InChI is InChI=1S/C11H12N2O4/c1-11(6-3-2-4-7(14)5-6)8(15)12-10(17)13-9(11)16/h5H,2-4H2,1H3,(H2,12,13,15,16,17). The minimum atomic E-state index is -1.45. The van der Waals surface area contributed by atoms with Crippen molar-refractivity contribution in [2.45, 2.75) is 26.2 Å². The lowest BCUT2D eigenvalue weighted by Gasteiger charge is -2.33. The predicted octanol–water partition coefficient (Wildman–Crippen LogP) is 0.0381. The summed E-state index contributed by atoms with van der Waals surface area (Å²) in [5.41, 5.74) is -0.986. The van der Waals surface area contributed by atoms with Crippen LogP contribution < -0.4 is 10.6 Å². The highest BCUT2D eigenvalue weighted by molar-refractivity contribution is 6.21. The number of hydrogen-bond donors (Lipinski definition) is 2. The van der Waals surface area contributed by atoms with E-state index in [-0.39, 0.29) is 5.78 Å². The van der Waals surface area contributed by atoms with Crippen LogP contribution >= 0.6 is 0 Å². The summed E-state index contributed by atoms with van der Waals surface area (Å²) < 4.78 is 0. The van der Waals surface area contributed by atoms with Crippen molar-refractivity contribution >= 4 is 23.6 Å². The Hall–Kier alpha value is -1.98. The molecule has 0 bridgehead atoms. The first-order valence-corrected chi connectivity index (χ1v) is 5.35. The van der Waals surface area contributed by atoms with E-state index in [0.29, 0.717) is 24.8 Å². The molecular weight excluding hydrogens is 224 g/mol. The van der Waals surface area contributed by atoms with Gasteiger partial charge in [-0.25, -0.2) is 4.79 Å². The van der Waals surface area contributed by atoms with Gasteiger partial charge in [-0.2, -0.15) is 0 Å².